The zero-order chi connectivity index (χ0) is 26.3. The van der Waals surface area contributed by atoms with Gasteiger partial charge >= 0.3 is 0 Å². The zero-order valence-electron chi connectivity index (χ0n) is 21.6. The molecule has 0 unspecified atom stereocenters. The van der Waals surface area contributed by atoms with Gasteiger partial charge in [0.25, 0.3) is 0 Å². The van der Waals surface area contributed by atoms with Crippen LogP contribution in [0.5, 0.6) is 5.75 Å². The highest BCUT2D eigenvalue weighted by atomic mass is 16.3. The van der Waals surface area contributed by atoms with E-state index >= 15 is 0 Å². The molecule has 0 fully saturated rings. The number of benzene rings is 4. The monoisotopic (exact) mass is 496 g/mol. The predicted molar refractivity (Wildman–Crippen MR) is 154 cm³/mol. The fraction of sp³-hybridized carbons (Fsp3) is 0.118. The first-order valence-electron chi connectivity index (χ1n) is 12.7. The third kappa shape index (κ3) is 4.46. The number of phenolic OH excluding ortho intramolecular Hbond substituents is 1. The molecule has 0 aliphatic rings. The van der Waals surface area contributed by atoms with Crippen molar-refractivity contribution < 1.29 is 9.52 Å². The molecule has 6 aromatic rings. The van der Waals surface area contributed by atoms with Gasteiger partial charge in [-0.15, -0.1) is 0 Å². The maximum atomic E-state index is 10.7. The van der Waals surface area contributed by atoms with E-state index < -0.39 is 0 Å². The normalized spacial score (nSPS) is 11.7. The van der Waals surface area contributed by atoms with Crippen LogP contribution in [0.25, 0.3) is 56.1 Å². The molecule has 0 spiro atoms. The SMILES string of the molecule is CC(C)(C)c1cc(-c2ccccn2)cc(-c2cccc3oc(-c4cc(-c5ccccc5)ccc4O)nc23)c1. The molecule has 4 aromatic carbocycles. The summed E-state index contributed by atoms with van der Waals surface area (Å²) in [5, 5.41) is 10.7. The van der Waals surface area contributed by atoms with Crippen LogP contribution >= 0.6 is 0 Å². The van der Waals surface area contributed by atoms with Gasteiger partial charge in [0.15, 0.2) is 5.58 Å². The molecule has 0 bridgehead atoms. The fourth-order valence-electron chi connectivity index (χ4n) is 4.71. The summed E-state index contributed by atoms with van der Waals surface area (Å²) in [6.07, 6.45) is 1.82. The highest BCUT2D eigenvalue weighted by Crippen LogP contribution is 2.39. The smallest absolute Gasteiger partial charge is 0.231 e. The van der Waals surface area contributed by atoms with E-state index in [9.17, 15) is 5.11 Å². The predicted octanol–water partition coefficient (Wildman–Crippen LogP) is 8.89. The lowest BCUT2D eigenvalue weighted by atomic mass is 9.83. The molecule has 1 N–H and O–H groups in total. The second-order valence-corrected chi connectivity index (χ2v) is 10.5. The van der Waals surface area contributed by atoms with Gasteiger partial charge in [-0.25, -0.2) is 4.98 Å². The molecule has 0 saturated carbocycles. The molecule has 2 heterocycles. The zero-order valence-corrected chi connectivity index (χ0v) is 21.6. The van der Waals surface area contributed by atoms with Crippen LogP contribution in [0.1, 0.15) is 26.3 Å². The molecule has 0 atom stereocenters. The molecule has 0 radical (unpaired) electrons. The molecule has 2 aromatic heterocycles. The van der Waals surface area contributed by atoms with Crippen LogP contribution in [-0.2, 0) is 5.41 Å². The topological polar surface area (TPSA) is 59.2 Å². The van der Waals surface area contributed by atoms with E-state index in [1.807, 2.05) is 79.0 Å². The molecule has 186 valence electrons. The average molecular weight is 497 g/mol. The van der Waals surface area contributed by atoms with Crippen LogP contribution in [-0.4, -0.2) is 15.1 Å². The minimum Gasteiger partial charge on any atom is -0.507 e. The molecule has 38 heavy (non-hydrogen) atoms. The van der Waals surface area contributed by atoms with Gasteiger partial charge in [0.05, 0.1) is 11.3 Å². The number of aromatic hydroxyl groups is 1. The number of pyridine rings is 1. The quantitative estimate of drug-likeness (QED) is 0.265. The van der Waals surface area contributed by atoms with Crippen molar-refractivity contribution in [2.24, 2.45) is 0 Å². The van der Waals surface area contributed by atoms with Crippen LogP contribution in [0.3, 0.4) is 0 Å². The summed E-state index contributed by atoms with van der Waals surface area (Å²) >= 11 is 0. The van der Waals surface area contributed by atoms with E-state index in [0.29, 0.717) is 17.0 Å². The molecule has 0 amide bonds. The first kappa shape index (κ1) is 23.7. The number of phenols is 1. The third-order valence-corrected chi connectivity index (χ3v) is 6.82. The van der Waals surface area contributed by atoms with E-state index in [2.05, 4.69) is 50.0 Å². The highest BCUT2D eigenvalue weighted by molar-refractivity contribution is 5.93. The van der Waals surface area contributed by atoms with E-state index in [1.165, 1.54) is 5.56 Å². The van der Waals surface area contributed by atoms with Crippen molar-refractivity contribution in [1.29, 1.82) is 0 Å². The van der Waals surface area contributed by atoms with Crippen molar-refractivity contribution in [3.8, 4) is 50.7 Å². The van der Waals surface area contributed by atoms with Gasteiger partial charge in [0.1, 0.15) is 11.3 Å². The molecule has 0 aliphatic carbocycles. The molecule has 4 nitrogen and oxygen atoms in total. The van der Waals surface area contributed by atoms with Crippen LogP contribution in [0.15, 0.2) is 114 Å². The summed E-state index contributed by atoms with van der Waals surface area (Å²) in [5.74, 6) is 0.518. The van der Waals surface area contributed by atoms with Gasteiger partial charge < -0.3 is 9.52 Å². The van der Waals surface area contributed by atoms with Gasteiger partial charge in [0.2, 0.25) is 5.89 Å². The maximum absolute atomic E-state index is 10.7. The number of rotatable bonds is 4. The van der Waals surface area contributed by atoms with E-state index in [1.54, 1.807) is 6.07 Å². The Morgan fingerprint density at radius 3 is 2.21 bits per heavy atom. The second kappa shape index (κ2) is 9.31. The Morgan fingerprint density at radius 1 is 0.658 bits per heavy atom. The Hall–Kier alpha value is -4.70. The second-order valence-electron chi connectivity index (χ2n) is 10.5. The lowest BCUT2D eigenvalue weighted by Gasteiger charge is -2.21. The lowest BCUT2D eigenvalue weighted by Crippen LogP contribution is -2.11. The summed E-state index contributed by atoms with van der Waals surface area (Å²) in [4.78, 5) is 9.50. The van der Waals surface area contributed by atoms with Gasteiger partial charge in [-0.3, -0.25) is 4.98 Å². The van der Waals surface area contributed by atoms with Crippen LogP contribution in [0, 0.1) is 0 Å². The number of fused-ring (bicyclic) bond motifs is 1. The number of oxazole rings is 1. The number of para-hydroxylation sites is 1. The summed E-state index contributed by atoms with van der Waals surface area (Å²) < 4.78 is 6.22. The number of hydrogen-bond acceptors (Lipinski definition) is 4. The molecule has 6 rings (SSSR count). The van der Waals surface area contributed by atoms with Crippen LogP contribution in [0.4, 0.5) is 0 Å². The lowest BCUT2D eigenvalue weighted by molar-refractivity contribution is 0.474. The van der Waals surface area contributed by atoms with Crippen LogP contribution < -0.4 is 0 Å². The van der Waals surface area contributed by atoms with Crippen molar-refractivity contribution in [3.63, 3.8) is 0 Å². The van der Waals surface area contributed by atoms with Gasteiger partial charge in [-0.1, -0.05) is 81.4 Å². The largest absolute Gasteiger partial charge is 0.507 e. The summed E-state index contributed by atoms with van der Waals surface area (Å²) in [6, 6.07) is 34.1. The van der Waals surface area contributed by atoms with E-state index in [0.717, 1.165) is 39.0 Å². The fourth-order valence-corrected chi connectivity index (χ4v) is 4.71. The van der Waals surface area contributed by atoms with Crippen molar-refractivity contribution in [2.45, 2.75) is 26.2 Å². The molecular weight excluding hydrogens is 468 g/mol. The minimum absolute atomic E-state index is 0.0495. The number of hydrogen-bond donors (Lipinski definition) is 1. The summed E-state index contributed by atoms with van der Waals surface area (Å²) in [6.45, 7) is 6.64. The maximum Gasteiger partial charge on any atom is 0.231 e. The first-order valence-corrected chi connectivity index (χ1v) is 12.7. The summed E-state index contributed by atoms with van der Waals surface area (Å²) in [7, 11) is 0. The highest BCUT2D eigenvalue weighted by Gasteiger charge is 2.20. The van der Waals surface area contributed by atoms with Crippen molar-refractivity contribution in [1.82, 2.24) is 9.97 Å². The minimum atomic E-state index is -0.0495. The van der Waals surface area contributed by atoms with Crippen molar-refractivity contribution in [3.05, 3.63) is 115 Å². The Balaban J connectivity index is 1.51. The van der Waals surface area contributed by atoms with Gasteiger partial charge in [-0.05, 0) is 70.1 Å². The van der Waals surface area contributed by atoms with Gasteiger partial charge in [0, 0.05) is 17.3 Å². The van der Waals surface area contributed by atoms with Crippen molar-refractivity contribution >= 4 is 11.1 Å². The molecule has 0 saturated heterocycles. The average Bonchev–Trinajstić information content (AvgIpc) is 3.38. The van der Waals surface area contributed by atoms with Crippen LogP contribution in [0.2, 0.25) is 0 Å². The Bertz CT molecular complexity index is 1750. The standard InChI is InChI=1S/C34H28N2O2/c1-34(2,3)26-19-24(18-25(20-26)29-13-7-8-17-35-29)27-12-9-14-31-32(27)36-33(38-31)28-21-23(15-16-30(28)37)22-10-5-4-6-11-22/h4-21,37H,1-3H3. The Kier molecular flexibility index (Phi) is 5.80. The molecule has 4 heteroatoms. The number of nitrogens with zero attached hydrogens (tertiary/aromatic N) is 2. The molecule has 0 aliphatic heterocycles. The summed E-state index contributed by atoms with van der Waals surface area (Å²) in [5.41, 5.74) is 9.20. The third-order valence-electron chi connectivity index (χ3n) is 6.82. The van der Waals surface area contributed by atoms with E-state index in [-0.39, 0.29) is 11.2 Å². The Morgan fingerprint density at radius 2 is 1.45 bits per heavy atom. The number of aromatic nitrogens is 2. The molecular formula is C34H28N2O2. The first-order chi connectivity index (χ1) is 18.4. The van der Waals surface area contributed by atoms with Gasteiger partial charge in [-0.2, -0.15) is 0 Å². The Labute approximate surface area is 222 Å². The van der Waals surface area contributed by atoms with Crippen molar-refractivity contribution in [2.75, 3.05) is 0 Å². The van der Waals surface area contributed by atoms with E-state index in [4.69, 9.17) is 9.40 Å².